The maximum absolute atomic E-state index is 12.9. The van der Waals surface area contributed by atoms with Gasteiger partial charge in [0.1, 0.15) is 11.5 Å². The predicted molar refractivity (Wildman–Crippen MR) is 106 cm³/mol. The van der Waals surface area contributed by atoms with E-state index in [0.29, 0.717) is 18.7 Å². The maximum Gasteiger partial charge on any atom is 0.270 e. The lowest BCUT2D eigenvalue weighted by atomic mass is 9.94. The lowest BCUT2D eigenvalue weighted by Crippen LogP contribution is -2.49. The van der Waals surface area contributed by atoms with Gasteiger partial charge in [-0.15, -0.1) is 36.2 Å². The Labute approximate surface area is 164 Å². The van der Waals surface area contributed by atoms with Gasteiger partial charge in [0.15, 0.2) is 0 Å². The van der Waals surface area contributed by atoms with E-state index in [-0.39, 0.29) is 42.1 Å². The number of nitrogens with two attached hydrogens (primary N) is 1. The molecule has 0 unspecified atom stereocenters. The highest BCUT2D eigenvalue weighted by Gasteiger charge is 2.22. The monoisotopic (exact) mass is 407 g/mol. The van der Waals surface area contributed by atoms with Crippen molar-refractivity contribution >= 4 is 42.1 Å². The Balaban J connectivity index is 0.00000288. The Morgan fingerprint density at radius 3 is 2.40 bits per heavy atom. The summed E-state index contributed by atoms with van der Waals surface area (Å²) in [7, 11) is 0. The number of hydrogen-bond donors (Lipinski definition) is 2. The second-order valence-corrected chi connectivity index (χ2v) is 6.62. The van der Waals surface area contributed by atoms with Gasteiger partial charge in [-0.25, -0.2) is 9.37 Å². The molecule has 0 fully saturated rings. The fourth-order valence-corrected chi connectivity index (χ4v) is 2.93. The number of halogens is 3. The molecule has 0 atom stereocenters. The van der Waals surface area contributed by atoms with Crippen LogP contribution < -0.4 is 11.1 Å². The van der Waals surface area contributed by atoms with Gasteiger partial charge in [-0.1, -0.05) is 26.0 Å². The van der Waals surface area contributed by atoms with Crippen molar-refractivity contribution in [3.05, 3.63) is 51.7 Å². The Morgan fingerprint density at radius 2 is 1.84 bits per heavy atom. The summed E-state index contributed by atoms with van der Waals surface area (Å²) >= 11 is 1.42. The van der Waals surface area contributed by atoms with Crippen molar-refractivity contribution in [1.82, 2.24) is 10.3 Å². The van der Waals surface area contributed by atoms with E-state index in [9.17, 15) is 9.18 Å². The molecule has 1 aromatic carbocycles. The van der Waals surface area contributed by atoms with Gasteiger partial charge in [0, 0.05) is 23.9 Å². The lowest BCUT2D eigenvalue weighted by molar-refractivity contribution is 0.0937. The molecule has 25 heavy (non-hydrogen) atoms. The number of thiazole rings is 1. The number of aromatic nitrogens is 1. The Hall–Kier alpha value is -1.21. The number of hydrogen-bond acceptors (Lipinski definition) is 4. The molecule has 1 aromatic heterocycles. The molecule has 0 spiro atoms. The molecule has 8 heteroatoms. The quantitative estimate of drug-likeness (QED) is 0.729. The van der Waals surface area contributed by atoms with Crippen LogP contribution in [0.25, 0.3) is 0 Å². The standard InChI is InChI=1S/C17H22FN3OS.2ClH/c1-3-17(19,4-2)11-20-16(22)14-10-23-15(21-14)9-12-5-7-13(18)8-6-12;;/h5-8,10H,3-4,9,11,19H2,1-2H3,(H,20,22);2*1H. The van der Waals surface area contributed by atoms with Crippen molar-refractivity contribution in [1.29, 1.82) is 0 Å². The summed E-state index contributed by atoms with van der Waals surface area (Å²) in [5.74, 6) is -0.464. The SMILES string of the molecule is CCC(N)(CC)CNC(=O)c1csc(Cc2ccc(F)cc2)n1.Cl.Cl. The summed E-state index contributed by atoms with van der Waals surface area (Å²) in [5, 5.41) is 5.42. The van der Waals surface area contributed by atoms with Crippen molar-refractivity contribution in [2.75, 3.05) is 6.54 Å². The maximum atomic E-state index is 12.9. The van der Waals surface area contributed by atoms with Gasteiger partial charge in [0.2, 0.25) is 0 Å². The average molecular weight is 408 g/mol. The van der Waals surface area contributed by atoms with E-state index in [2.05, 4.69) is 10.3 Å². The molecule has 0 radical (unpaired) electrons. The topological polar surface area (TPSA) is 68.0 Å². The summed E-state index contributed by atoms with van der Waals surface area (Å²) in [6, 6.07) is 6.29. The molecule has 0 aliphatic carbocycles. The second-order valence-electron chi connectivity index (χ2n) is 5.68. The zero-order valence-electron chi connectivity index (χ0n) is 14.3. The third kappa shape index (κ3) is 6.90. The third-order valence-electron chi connectivity index (χ3n) is 4.06. The van der Waals surface area contributed by atoms with E-state index in [4.69, 9.17) is 5.73 Å². The Bertz CT molecular complexity index is 660. The zero-order valence-corrected chi connectivity index (χ0v) is 16.7. The number of nitrogens with zero attached hydrogens (tertiary/aromatic N) is 1. The molecule has 3 N–H and O–H groups in total. The van der Waals surface area contributed by atoms with Crippen LogP contribution in [-0.2, 0) is 6.42 Å². The molecule has 1 amide bonds. The van der Waals surface area contributed by atoms with E-state index in [0.717, 1.165) is 23.4 Å². The fraction of sp³-hybridized carbons (Fsp3) is 0.412. The highest BCUT2D eigenvalue weighted by molar-refractivity contribution is 7.09. The molecule has 140 valence electrons. The van der Waals surface area contributed by atoms with Crippen molar-refractivity contribution in [2.24, 2.45) is 5.73 Å². The molecule has 0 aliphatic rings. The molecule has 0 saturated carbocycles. The first-order chi connectivity index (χ1) is 11.0. The highest BCUT2D eigenvalue weighted by Crippen LogP contribution is 2.16. The molecule has 2 aromatic rings. The largest absolute Gasteiger partial charge is 0.349 e. The Kier molecular flexibility index (Phi) is 10.2. The number of rotatable bonds is 7. The molecule has 0 saturated heterocycles. The molecule has 0 bridgehead atoms. The van der Waals surface area contributed by atoms with Gasteiger partial charge >= 0.3 is 0 Å². The Morgan fingerprint density at radius 1 is 1.24 bits per heavy atom. The van der Waals surface area contributed by atoms with Crippen LogP contribution in [0.3, 0.4) is 0 Å². The lowest BCUT2D eigenvalue weighted by Gasteiger charge is -2.26. The second kappa shape index (κ2) is 10.7. The number of carbonyl (C=O) groups is 1. The first-order valence-electron chi connectivity index (χ1n) is 7.71. The van der Waals surface area contributed by atoms with Crippen LogP contribution >= 0.6 is 36.2 Å². The molecule has 1 heterocycles. The fourth-order valence-electron chi connectivity index (χ4n) is 2.12. The number of benzene rings is 1. The minimum absolute atomic E-state index is 0. The molecular formula is C17H24Cl2FN3OS. The van der Waals surface area contributed by atoms with Gasteiger partial charge in [-0.3, -0.25) is 4.79 Å². The number of amides is 1. The predicted octanol–water partition coefficient (Wildman–Crippen LogP) is 3.96. The van der Waals surface area contributed by atoms with E-state index in [1.54, 1.807) is 17.5 Å². The summed E-state index contributed by atoms with van der Waals surface area (Å²) < 4.78 is 12.9. The van der Waals surface area contributed by atoms with Crippen LogP contribution in [-0.4, -0.2) is 23.0 Å². The van der Waals surface area contributed by atoms with E-state index in [1.807, 2.05) is 13.8 Å². The van der Waals surface area contributed by atoms with Crippen molar-refractivity contribution < 1.29 is 9.18 Å². The van der Waals surface area contributed by atoms with E-state index >= 15 is 0 Å². The van der Waals surface area contributed by atoms with Gasteiger partial charge in [0.05, 0.1) is 5.01 Å². The smallest absolute Gasteiger partial charge is 0.270 e. The summed E-state index contributed by atoms with van der Waals surface area (Å²) in [6.45, 7) is 4.46. The minimum atomic E-state index is -0.372. The van der Waals surface area contributed by atoms with Gasteiger partial charge < -0.3 is 11.1 Å². The molecule has 4 nitrogen and oxygen atoms in total. The van der Waals surface area contributed by atoms with Crippen LogP contribution in [0, 0.1) is 5.82 Å². The van der Waals surface area contributed by atoms with Gasteiger partial charge in [0.25, 0.3) is 5.91 Å². The van der Waals surface area contributed by atoms with Crippen LogP contribution in [0.15, 0.2) is 29.6 Å². The van der Waals surface area contributed by atoms with E-state index < -0.39 is 0 Å². The highest BCUT2D eigenvalue weighted by atomic mass is 35.5. The van der Waals surface area contributed by atoms with Gasteiger partial charge in [-0.05, 0) is 30.5 Å². The summed E-state index contributed by atoms with van der Waals surface area (Å²) in [4.78, 5) is 16.5. The molecule has 2 rings (SSSR count). The third-order valence-corrected chi connectivity index (χ3v) is 4.91. The number of carbonyl (C=O) groups excluding carboxylic acids is 1. The van der Waals surface area contributed by atoms with Crippen LogP contribution in [0.5, 0.6) is 0 Å². The van der Waals surface area contributed by atoms with Gasteiger partial charge in [-0.2, -0.15) is 0 Å². The van der Waals surface area contributed by atoms with Crippen LogP contribution in [0.4, 0.5) is 4.39 Å². The number of nitrogens with one attached hydrogen (secondary N) is 1. The van der Waals surface area contributed by atoms with Crippen molar-refractivity contribution in [2.45, 2.75) is 38.6 Å². The van der Waals surface area contributed by atoms with Crippen molar-refractivity contribution in [3.8, 4) is 0 Å². The van der Waals surface area contributed by atoms with Crippen molar-refractivity contribution in [3.63, 3.8) is 0 Å². The van der Waals surface area contributed by atoms with E-state index in [1.165, 1.54) is 23.5 Å². The zero-order chi connectivity index (χ0) is 16.9. The molecular weight excluding hydrogens is 384 g/mol. The summed E-state index contributed by atoms with van der Waals surface area (Å²) in [5.41, 5.74) is 7.17. The summed E-state index contributed by atoms with van der Waals surface area (Å²) in [6.07, 6.45) is 2.19. The normalized spacial score (nSPS) is 10.6. The minimum Gasteiger partial charge on any atom is -0.349 e. The average Bonchev–Trinajstić information content (AvgIpc) is 3.03. The molecule has 0 aliphatic heterocycles. The first kappa shape index (κ1) is 23.8. The first-order valence-corrected chi connectivity index (χ1v) is 8.59. The van der Waals surface area contributed by atoms with Crippen LogP contribution in [0.2, 0.25) is 0 Å². The van der Waals surface area contributed by atoms with Crippen LogP contribution in [0.1, 0.15) is 47.7 Å².